The number of ketones is 1. The summed E-state index contributed by atoms with van der Waals surface area (Å²) in [5.74, 6) is -0.545. The van der Waals surface area contributed by atoms with Crippen LogP contribution in [-0.2, 0) is 15.3 Å². The normalized spacial score (nSPS) is 16.6. The van der Waals surface area contributed by atoms with Gasteiger partial charge >= 0.3 is 5.91 Å². The number of rotatable bonds is 8. The van der Waals surface area contributed by atoms with Gasteiger partial charge in [0.1, 0.15) is 11.5 Å². The minimum Gasteiger partial charge on any atom is -0.507 e. The Balaban J connectivity index is 1.51. The summed E-state index contributed by atoms with van der Waals surface area (Å²) in [6, 6.07) is 20.8. The molecule has 1 aliphatic rings. The first-order chi connectivity index (χ1) is 18.9. The van der Waals surface area contributed by atoms with Crippen molar-refractivity contribution < 1.29 is 19.4 Å². The standard InChI is InChI=1S/C29H24ClN3O4S2/c1-3-37-22-14-10-20(11-15-22)25(34)23-24(19-8-12-21(30)13-9-19)33(27(36)26(23)35)28-31-32-29(39-28)38-16-18-6-4-17(2)5-7-18/h4-15,24,34H,3,16H2,1-2H3/b25-23-. The van der Waals surface area contributed by atoms with Gasteiger partial charge < -0.3 is 9.84 Å². The molecule has 0 radical (unpaired) electrons. The van der Waals surface area contributed by atoms with Crippen LogP contribution in [0.4, 0.5) is 5.13 Å². The zero-order chi connectivity index (χ0) is 27.5. The summed E-state index contributed by atoms with van der Waals surface area (Å²) in [6.07, 6.45) is 0. The molecule has 7 nitrogen and oxygen atoms in total. The first-order valence-corrected chi connectivity index (χ1v) is 14.3. The molecule has 1 aliphatic heterocycles. The molecule has 1 fully saturated rings. The zero-order valence-corrected chi connectivity index (χ0v) is 23.5. The molecular weight excluding hydrogens is 554 g/mol. The molecule has 1 N–H and O–H groups in total. The summed E-state index contributed by atoms with van der Waals surface area (Å²) in [7, 11) is 0. The minimum atomic E-state index is -0.906. The van der Waals surface area contributed by atoms with Gasteiger partial charge in [-0.05, 0) is 61.4 Å². The predicted octanol–water partition coefficient (Wildman–Crippen LogP) is 6.82. The number of nitrogens with zero attached hydrogens (tertiary/aromatic N) is 3. The number of benzene rings is 3. The summed E-state index contributed by atoms with van der Waals surface area (Å²) in [5, 5.41) is 20.6. The Morgan fingerprint density at radius 1 is 1.03 bits per heavy atom. The number of ether oxygens (including phenoxy) is 1. The van der Waals surface area contributed by atoms with Crippen molar-refractivity contribution in [2.24, 2.45) is 0 Å². The molecule has 0 saturated carbocycles. The average molecular weight is 578 g/mol. The SMILES string of the molecule is CCOc1ccc(/C(O)=C2/C(=O)C(=O)N(c3nnc(SCc4ccc(C)cc4)s3)C2c2ccc(Cl)cc2)cc1. The van der Waals surface area contributed by atoms with Crippen molar-refractivity contribution in [3.8, 4) is 5.75 Å². The van der Waals surface area contributed by atoms with Crippen molar-refractivity contribution in [3.05, 3.63) is 106 Å². The molecule has 10 heteroatoms. The van der Waals surface area contributed by atoms with Crippen LogP contribution in [0.1, 0.15) is 35.2 Å². The van der Waals surface area contributed by atoms with Crippen LogP contribution in [0.25, 0.3) is 5.76 Å². The van der Waals surface area contributed by atoms with E-state index in [9.17, 15) is 14.7 Å². The molecule has 2 heterocycles. The van der Waals surface area contributed by atoms with Crippen LogP contribution >= 0.6 is 34.7 Å². The Kier molecular flexibility index (Phi) is 8.02. The Labute approximate surface area is 239 Å². The number of aliphatic hydroxyl groups excluding tert-OH is 1. The maximum Gasteiger partial charge on any atom is 0.301 e. The van der Waals surface area contributed by atoms with Crippen LogP contribution in [0.3, 0.4) is 0 Å². The summed E-state index contributed by atoms with van der Waals surface area (Å²) in [6.45, 7) is 4.41. The van der Waals surface area contributed by atoms with Crippen LogP contribution in [0.2, 0.25) is 5.02 Å². The average Bonchev–Trinajstić information content (AvgIpc) is 3.51. The highest BCUT2D eigenvalue weighted by Gasteiger charge is 2.48. The maximum atomic E-state index is 13.4. The highest BCUT2D eigenvalue weighted by Crippen LogP contribution is 2.44. The molecule has 1 unspecified atom stereocenters. The van der Waals surface area contributed by atoms with E-state index in [0.717, 1.165) is 5.56 Å². The van der Waals surface area contributed by atoms with E-state index < -0.39 is 17.7 Å². The highest BCUT2D eigenvalue weighted by molar-refractivity contribution is 8.00. The molecule has 1 aromatic heterocycles. The number of aliphatic hydroxyl groups is 1. The van der Waals surface area contributed by atoms with Crippen LogP contribution < -0.4 is 9.64 Å². The zero-order valence-electron chi connectivity index (χ0n) is 21.1. The molecule has 1 atom stereocenters. The lowest BCUT2D eigenvalue weighted by Crippen LogP contribution is -2.29. The molecule has 3 aromatic carbocycles. The number of halogens is 1. The van der Waals surface area contributed by atoms with Crippen molar-refractivity contribution in [1.29, 1.82) is 0 Å². The lowest BCUT2D eigenvalue weighted by Gasteiger charge is -2.22. The number of thioether (sulfide) groups is 1. The van der Waals surface area contributed by atoms with E-state index >= 15 is 0 Å². The van der Waals surface area contributed by atoms with Crippen molar-refractivity contribution in [1.82, 2.24) is 10.2 Å². The minimum absolute atomic E-state index is 0.0319. The number of aryl methyl sites for hydroxylation is 1. The third kappa shape index (κ3) is 5.71. The molecule has 198 valence electrons. The van der Waals surface area contributed by atoms with E-state index in [2.05, 4.69) is 34.5 Å². The van der Waals surface area contributed by atoms with Crippen LogP contribution in [0.5, 0.6) is 5.75 Å². The topological polar surface area (TPSA) is 92.6 Å². The quantitative estimate of drug-likeness (QED) is 0.0807. The summed E-state index contributed by atoms with van der Waals surface area (Å²) >= 11 is 8.84. The molecule has 0 bridgehead atoms. The summed E-state index contributed by atoms with van der Waals surface area (Å²) < 4.78 is 6.14. The van der Waals surface area contributed by atoms with Gasteiger partial charge in [0.25, 0.3) is 5.78 Å². The molecule has 1 amide bonds. The number of anilines is 1. The number of Topliss-reactive ketones (excluding diaryl/α,β-unsaturated/α-hetero) is 1. The van der Waals surface area contributed by atoms with Gasteiger partial charge in [0.2, 0.25) is 5.13 Å². The first-order valence-electron chi connectivity index (χ1n) is 12.2. The molecule has 0 aliphatic carbocycles. The monoisotopic (exact) mass is 577 g/mol. The molecular formula is C29H24ClN3O4S2. The first kappa shape index (κ1) is 26.9. The number of carbonyl (C=O) groups excluding carboxylic acids is 2. The van der Waals surface area contributed by atoms with Crippen LogP contribution in [0, 0.1) is 6.92 Å². The Hall–Kier alpha value is -3.66. The van der Waals surface area contributed by atoms with Crippen molar-refractivity contribution in [2.45, 2.75) is 30.0 Å². The van der Waals surface area contributed by atoms with E-state index in [-0.39, 0.29) is 16.5 Å². The fraction of sp³-hybridized carbons (Fsp3) is 0.172. The highest BCUT2D eigenvalue weighted by atomic mass is 35.5. The third-order valence-corrected chi connectivity index (χ3v) is 8.53. The number of amides is 1. The predicted molar refractivity (Wildman–Crippen MR) is 154 cm³/mol. The molecule has 5 rings (SSSR count). The van der Waals surface area contributed by atoms with Gasteiger partial charge in [0.05, 0.1) is 18.2 Å². The van der Waals surface area contributed by atoms with E-state index in [1.165, 1.54) is 33.6 Å². The van der Waals surface area contributed by atoms with E-state index in [0.29, 0.717) is 38.6 Å². The summed E-state index contributed by atoms with van der Waals surface area (Å²) in [5.41, 5.74) is 3.29. The number of carbonyl (C=O) groups is 2. The number of aromatic nitrogens is 2. The maximum absolute atomic E-state index is 13.4. The molecule has 39 heavy (non-hydrogen) atoms. The van der Waals surface area contributed by atoms with Gasteiger partial charge in [-0.3, -0.25) is 14.5 Å². The second-order valence-electron chi connectivity index (χ2n) is 8.80. The second-order valence-corrected chi connectivity index (χ2v) is 11.4. The fourth-order valence-electron chi connectivity index (χ4n) is 4.21. The third-order valence-electron chi connectivity index (χ3n) is 6.15. The number of hydrogen-bond donors (Lipinski definition) is 1. The Bertz CT molecular complexity index is 1530. The van der Waals surface area contributed by atoms with E-state index in [1.807, 2.05) is 13.8 Å². The van der Waals surface area contributed by atoms with Gasteiger partial charge in [0, 0.05) is 16.3 Å². The van der Waals surface area contributed by atoms with Gasteiger partial charge in [-0.1, -0.05) is 76.7 Å². The molecule has 0 spiro atoms. The Morgan fingerprint density at radius 2 is 1.72 bits per heavy atom. The van der Waals surface area contributed by atoms with E-state index in [4.69, 9.17) is 16.3 Å². The van der Waals surface area contributed by atoms with Gasteiger partial charge in [0.15, 0.2) is 4.34 Å². The smallest absolute Gasteiger partial charge is 0.301 e. The van der Waals surface area contributed by atoms with Gasteiger partial charge in [-0.15, -0.1) is 10.2 Å². The molecule has 4 aromatic rings. The van der Waals surface area contributed by atoms with Gasteiger partial charge in [-0.25, -0.2) is 0 Å². The van der Waals surface area contributed by atoms with Gasteiger partial charge in [-0.2, -0.15) is 0 Å². The molecule has 1 saturated heterocycles. The van der Waals surface area contributed by atoms with Crippen LogP contribution in [-0.4, -0.2) is 33.6 Å². The number of hydrogen-bond acceptors (Lipinski definition) is 8. The van der Waals surface area contributed by atoms with E-state index in [1.54, 1.807) is 48.5 Å². The van der Waals surface area contributed by atoms with Crippen molar-refractivity contribution >= 4 is 57.3 Å². The van der Waals surface area contributed by atoms with Crippen molar-refractivity contribution in [3.63, 3.8) is 0 Å². The van der Waals surface area contributed by atoms with Crippen LogP contribution in [0.15, 0.2) is 82.7 Å². The second kappa shape index (κ2) is 11.6. The summed E-state index contributed by atoms with van der Waals surface area (Å²) in [4.78, 5) is 28.0. The lowest BCUT2D eigenvalue weighted by molar-refractivity contribution is -0.132. The Morgan fingerprint density at radius 3 is 2.38 bits per heavy atom. The fourth-order valence-corrected chi connectivity index (χ4v) is 6.16. The van der Waals surface area contributed by atoms with Crippen molar-refractivity contribution in [2.75, 3.05) is 11.5 Å². The lowest BCUT2D eigenvalue weighted by atomic mass is 9.95. The largest absolute Gasteiger partial charge is 0.507 e.